The fraction of sp³-hybridized carbons (Fsp3) is 0.500. The van der Waals surface area contributed by atoms with Crippen LogP contribution in [0.25, 0.3) is 0 Å². The Labute approximate surface area is 230 Å². The van der Waals surface area contributed by atoms with Gasteiger partial charge in [-0.1, -0.05) is 25.0 Å². The number of carbonyl (C=O) groups is 2. The van der Waals surface area contributed by atoms with Gasteiger partial charge in [0, 0.05) is 31.6 Å². The number of nitrogens with zero attached hydrogens (tertiary/aromatic N) is 2. The lowest BCUT2D eigenvalue weighted by atomic mass is 10.1. The molecule has 2 aliphatic rings. The highest BCUT2D eigenvalue weighted by atomic mass is 32.2. The minimum Gasteiger partial charge on any atom is -0.497 e. The number of methoxy groups -OCH3 is 1. The number of anilines is 1. The molecule has 1 N–H and O–H groups in total. The standard InChI is InChI=1S/C28H37N3O7S/c1-20(28(33)29-22-7-4-5-8-22)30(18-21-10-13-24(36-2)14-11-21)27(32)9-6-16-31(39(3,34)35)23-12-15-25-26(17-23)38-19-37-25/h10-15,17,20,22H,4-9,16,18-19H2,1-3H3,(H,29,33)/t20-/m1/s1. The quantitative estimate of drug-likeness (QED) is 0.424. The predicted octanol–water partition coefficient (Wildman–Crippen LogP) is 3.45. The lowest BCUT2D eigenvalue weighted by Gasteiger charge is -2.30. The number of ether oxygens (including phenoxy) is 3. The van der Waals surface area contributed by atoms with Gasteiger partial charge >= 0.3 is 0 Å². The van der Waals surface area contributed by atoms with E-state index in [2.05, 4.69) is 5.32 Å². The Hall–Kier alpha value is -3.47. The van der Waals surface area contributed by atoms with E-state index in [1.807, 2.05) is 24.3 Å². The molecule has 1 aliphatic carbocycles. The number of amides is 2. The molecule has 0 bridgehead atoms. The first-order valence-electron chi connectivity index (χ1n) is 13.3. The summed E-state index contributed by atoms with van der Waals surface area (Å²) in [6.45, 7) is 2.17. The van der Waals surface area contributed by atoms with Crippen LogP contribution in [0.15, 0.2) is 42.5 Å². The molecule has 0 aromatic heterocycles. The normalized spacial score (nSPS) is 15.6. The van der Waals surface area contributed by atoms with Gasteiger partial charge in [-0.15, -0.1) is 0 Å². The van der Waals surface area contributed by atoms with Gasteiger partial charge in [0.2, 0.25) is 28.6 Å². The van der Waals surface area contributed by atoms with Crippen LogP contribution < -0.4 is 23.8 Å². The van der Waals surface area contributed by atoms with Crippen LogP contribution in [-0.2, 0) is 26.2 Å². The lowest BCUT2D eigenvalue weighted by Crippen LogP contribution is -2.49. The molecule has 1 fully saturated rings. The first-order valence-corrected chi connectivity index (χ1v) is 15.1. The highest BCUT2D eigenvalue weighted by molar-refractivity contribution is 7.92. The fourth-order valence-electron chi connectivity index (χ4n) is 4.95. The van der Waals surface area contributed by atoms with E-state index in [9.17, 15) is 18.0 Å². The summed E-state index contributed by atoms with van der Waals surface area (Å²) in [6, 6.07) is 11.8. The van der Waals surface area contributed by atoms with E-state index in [4.69, 9.17) is 14.2 Å². The molecule has 1 atom stereocenters. The van der Waals surface area contributed by atoms with Crippen molar-refractivity contribution in [3.8, 4) is 17.2 Å². The van der Waals surface area contributed by atoms with E-state index in [0.29, 0.717) is 22.9 Å². The van der Waals surface area contributed by atoms with Gasteiger partial charge in [-0.3, -0.25) is 13.9 Å². The van der Waals surface area contributed by atoms with Crippen LogP contribution in [-0.4, -0.2) is 63.9 Å². The summed E-state index contributed by atoms with van der Waals surface area (Å²) in [5.41, 5.74) is 1.30. The van der Waals surface area contributed by atoms with E-state index in [1.54, 1.807) is 37.1 Å². The van der Waals surface area contributed by atoms with Crippen LogP contribution in [0.3, 0.4) is 0 Å². The predicted molar refractivity (Wildman–Crippen MR) is 147 cm³/mol. The molecule has 212 valence electrons. The topological polar surface area (TPSA) is 114 Å². The van der Waals surface area contributed by atoms with Gasteiger partial charge < -0.3 is 24.4 Å². The first kappa shape index (κ1) is 28.5. The minimum absolute atomic E-state index is 0.0772. The van der Waals surface area contributed by atoms with Gasteiger partial charge in [-0.05, 0) is 56.0 Å². The summed E-state index contributed by atoms with van der Waals surface area (Å²) in [5.74, 6) is 1.33. The number of fused-ring (bicyclic) bond motifs is 1. The highest BCUT2D eigenvalue weighted by Gasteiger charge is 2.29. The third-order valence-corrected chi connectivity index (χ3v) is 8.37. The van der Waals surface area contributed by atoms with E-state index < -0.39 is 16.1 Å². The van der Waals surface area contributed by atoms with Crippen molar-refractivity contribution in [1.29, 1.82) is 0 Å². The Bertz CT molecular complexity index is 1260. The summed E-state index contributed by atoms with van der Waals surface area (Å²) < 4.78 is 42.4. The Balaban J connectivity index is 1.45. The van der Waals surface area contributed by atoms with Gasteiger partial charge in [0.25, 0.3) is 0 Å². The average Bonchev–Trinajstić information content (AvgIpc) is 3.60. The molecule has 1 aliphatic heterocycles. The molecule has 1 saturated carbocycles. The molecular weight excluding hydrogens is 522 g/mol. The summed E-state index contributed by atoms with van der Waals surface area (Å²) in [5, 5.41) is 3.09. The molecule has 2 aromatic rings. The van der Waals surface area contributed by atoms with E-state index in [-0.39, 0.29) is 50.6 Å². The van der Waals surface area contributed by atoms with Crippen LogP contribution in [0.5, 0.6) is 17.2 Å². The molecule has 2 amide bonds. The zero-order valence-corrected chi connectivity index (χ0v) is 23.5. The number of carbonyl (C=O) groups excluding carboxylic acids is 2. The maximum atomic E-state index is 13.5. The van der Waals surface area contributed by atoms with Crippen LogP contribution in [0.1, 0.15) is 51.0 Å². The summed E-state index contributed by atoms with van der Waals surface area (Å²) in [7, 11) is -2.03. The zero-order chi connectivity index (χ0) is 28.0. The van der Waals surface area contributed by atoms with Crippen molar-refractivity contribution in [2.24, 2.45) is 0 Å². The molecule has 10 nitrogen and oxygen atoms in total. The SMILES string of the molecule is COc1ccc(CN(C(=O)CCCN(c2ccc3c(c2)OCO3)S(C)(=O)=O)[C@H](C)C(=O)NC2CCCC2)cc1. The molecular formula is C28H37N3O7S. The van der Waals surface area contributed by atoms with Crippen molar-refractivity contribution in [1.82, 2.24) is 10.2 Å². The van der Waals surface area contributed by atoms with E-state index >= 15 is 0 Å². The Morgan fingerprint density at radius 1 is 1.08 bits per heavy atom. The molecule has 1 heterocycles. The number of rotatable bonds is 12. The molecule has 0 radical (unpaired) electrons. The second-order valence-electron chi connectivity index (χ2n) is 10.0. The molecule has 0 spiro atoms. The number of sulfonamides is 1. The van der Waals surface area contributed by atoms with E-state index in [1.165, 1.54) is 4.31 Å². The Morgan fingerprint density at radius 2 is 1.77 bits per heavy atom. The van der Waals surface area contributed by atoms with Gasteiger partial charge in [-0.2, -0.15) is 0 Å². The third-order valence-electron chi connectivity index (χ3n) is 7.18. The average molecular weight is 560 g/mol. The molecule has 39 heavy (non-hydrogen) atoms. The number of benzene rings is 2. The smallest absolute Gasteiger partial charge is 0.242 e. The van der Waals surface area contributed by atoms with Crippen LogP contribution in [0.4, 0.5) is 5.69 Å². The second-order valence-corrected chi connectivity index (χ2v) is 11.9. The van der Waals surface area contributed by atoms with Crippen molar-refractivity contribution in [3.05, 3.63) is 48.0 Å². The molecule has 2 aromatic carbocycles. The Morgan fingerprint density at radius 3 is 2.44 bits per heavy atom. The monoisotopic (exact) mass is 559 g/mol. The van der Waals surface area contributed by atoms with Gasteiger partial charge in [0.15, 0.2) is 11.5 Å². The molecule has 0 saturated heterocycles. The summed E-state index contributed by atoms with van der Waals surface area (Å²) >= 11 is 0. The van der Waals surface area contributed by atoms with Gasteiger partial charge in [-0.25, -0.2) is 8.42 Å². The fourth-order valence-corrected chi connectivity index (χ4v) is 5.90. The molecule has 0 unspecified atom stereocenters. The maximum Gasteiger partial charge on any atom is 0.242 e. The summed E-state index contributed by atoms with van der Waals surface area (Å²) in [6.07, 6.45) is 5.56. The number of hydrogen-bond acceptors (Lipinski definition) is 7. The summed E-state index contributed by atoms with van der Waals surface area (Å²) in [4.78, 5) is 28.2. The van der Waals surface area contributed by atoms with Crippen molar-refractivity contribution in [2.75, 3.05) is 31.0 Å². The number of nitrogens with one attached hydrogen (secondary N) is 1. The maximum absolute atomic E-state index is 13.5. The zero-order valence-electron chi connectivity index (χ0n) is 22.7. The van der Waals surface area contributed by atoms with Crippen LogP contribution in [0, 0.1) is 0 Å². The molecule has 4 rings (SSSR count). The lowest BCUT2D eigenvalue weighted by molar-refractivity contribution is -0.141. The highest BCUT2D eigenvalue weighted by Crippen LogP contribution is 2.36. The molecule has 11 heteroatoms. The third kappa shape index (κ3) is 7.35. The van der Waals surface area contributed by atoms with Gasteiger partial charge in [0.1, 0.15) is 11.8 Å². The second kappa shape index (κ2) is 12.6. The minimum atomic E-state index is -3.62. The van der Waals surface area contributed by atoms with Crippen LogP contribution in [0.2, 0.25) is 0 Å². The van der Waals surface area contributed by atoms with Crippen molar-refractivity contribution < 1.29 is 32.2 Å². The van der Waals surface area contributed by atoms with Gasteiger partial charge in [0.05, 0.1) is 19.1 Å². The van der Waals surface area contributed by atoms with Crippen LogP contribution >= 0.6 is 0 Å². The Kier molecular flexibility index (Phi) is 9.21. The number of hydrogen-bond donors (Lipinski definition) is 1. The van der Waals surface area contributed by atoms with Crippen molar-refractivity contribution in [2.45, 2.75) is 64.1 Å². The van der Waals surface area contributed by atoms with Crippen molar-refractivity contribution >= 4 is 27.5 Å². The van der Waals surface area contributed by atoms with Crippen molar-refractivity contribution in [3.63, 3.8) is 0 Å². The van der Waals surface area contributed by atoms with E-state index in [0.717, 1.165) is 37.5 Å². The first-order chi connectivity index (χ1) is 18.7. The largest absolute Gasteiger partial charge is 0.497 e.